The number of rotatable bonds is 3. The highest BCUT2D eigenvalue weighted by Crippen LogP contribution is 2.37. The number of hydrogen-bond acceptors (Lipinski definition) is 5. The predicted molar refractivity (Wildman–Crippen MR) is 113 cm³/mol. The van der Waals surface area contributed by atoms with Crippen molar-refractivity contribution in [3.05, 3.63) is 70.0 Å². The lowest BCUT2D eigenvalue weighted by Gasteiger charge is -2.32. The Hall–Kier alpha value is -2.51. The van der Waals surface area contributed by atoms with Gasteiger partial charge in [-0.3, -0.25) is 4.79 Å². The van der Waals surface area contributed by atoms with E-state index in [4.69, 9.17) is 11.6 Å². The summed E-state index contributed by atoms with van der Waals surface area (Å²) >= 11 is 7.45. The van der Waals surface area contributed by atoms with E-state index in [1.807, 2.05) is 61.8 Å². The molecule has 1 aliphatic heterocycles. The van der Waals surface area contributed by atoms with Crippen LogP contribution in [0.5, 0.6) is 0 Å². The third-order valence-corrected chi connectivity index (χ3v) is 6.19. The molecule has 0 radical (unpaired) electrons. The van der Waals surface area contributed by atoms with Gasteiger partial charge < -0.3 is 10.7 Å². The van der Waals surface area contributed by atoms with Gasteiger partial charge in [0.2, 0.25) is 11.1 Å². The third kappa shape index (κ3) is 3.59. The molecule has 4 rings (SSSR count). The number of thioether (sulfide) groups is 1. The van der Waals surface area contributed by atoms with Gasteiger partial charge in [-0.25, -0.2) is 4.68 Å². The number of carbonyl (C=O) groups is 1. The van der Waals surface area contributed by atoms with Gasteiger partial charge in [-0.05, 0) is 50.1 Å². The monoisotopic (exact) mass is 413 g/mol. The maximum atomic E-state index is 13.2. The van der Waals surface area contributed by atoms with Crippen molar-refractivity contribution < 1.29 is 4.79 Å². The highest BCUT2D eigenvalue weighted by Gasteiger charge is 2.37. The first-order chi connectivity index (χ1) is 13.4. The van der Waals surface area contributed by atoms with Gasteiger partial charge in [0.25, 0.3) is 0 Å². The van der Waals surface area contributed by atoms with Gasteiger partial charge in [-0.1, -0.05) is 53.2 Å². The summed E-state index contributed by atoms with van der Waals surface area (Å²) in [5.41, 5.74) is 7.36. The fraction of sp³-hybridized carbons (Fsp3) is 0.250. The third-order valence-electron chi connectivity index (χ3n) is 4.73. The average molecular weight is 414 g/mol. The quantitative estimate of drug-likeness (QED) is 0.671. The average Bonchev–Trinajstić information content (AvgIpc) is 3.04. The molecule has 6 nitrogen and oxygen atoms in total. The van der Waals surface area contributed by atoms with Crippen molar-refractivity contribution in [2.45, 2.75) is 37.2 Å². The fourth-order valence-electron chi connectivity index (χ4n) is 3.24. The molecular formula is C20H20ClN5OS. The maximum Gasteiger partial charge on any atom is 0.240 e. The molecule has 1 aliphatic rings. The molecule has 3 aromatic rings. The van der Waals surface area contributed by atoms with Crippen LogP contribution < -0.4 is 10.7 Å². The molecule has 2 N–H and O–H groups in total. The zero-order chi connectivity index (χ0) is 19.8. The molecular weight excluding hydrogens is 394 g/mol. The van der Waals surface area contributed by atoms with Crippen LogP contribution in [0.25, 0.3) is 0 Å². The van der Waals surface area contributed by atoms with Crippen LogP contribution in [-0.4, -0.2) is 26.0 Å². The van der Waals surface area contributed by atoms with Gasteiger partial charge in [0, 0.05) is 10.7 Å². The lowest BCUT2D eigenvalue weighted by Crippen LogP contribution is -2.41. The molecule has 0 fully saturated rings. The highest BCUT2D eigenvalue weighted by molar-refractivity contribution is 8.00. The number of carbonyl (C=O) groups excluding carboxylic acids is 1. The zero-order valence-corrected chi connectivity index (χ0v) is 17.3. The Balaban J connectivity index is 1.67. The van der Waals surface area contributed by atoms with Crippen LogP contribution in [0.2, 0.25) is 5.02 Å². The number of benzene rings is 2. The number of anilines is 1. The standard InChI is InChI=1S/C20H20ClN5OS/c1-11-4-9-16(12(2)10-11)22-19(27)18-17(14-5-7-15(21)8-6-14)25-26-13(3)23-24-20(26)28-18/h4-10,17-18,25H,1-3H3,(H,22,27)/t17-,18+/m1/s1. The lowest BCUT2D eigenvalue weighted by atomic mass is 10.0. The van der Waals surface area contributed by atoms with Gasteiger partial charge in [-0.15, -0.1) is 10.2 Å². The Bertz CT molecular complexity index is 1030. The van der Waals surface area contributed by atoms with Crippen molar-refractivity contribution in [2.75, 3.05) is 10.7 Å². The molecule has 0 aliphatic carbocycles. The second-order valence-corrected chi connectivity index (χ2v) is 8.41. The number of hydrogen-bond donors (Lipinski definition) is 2. The van der Waals surface area contributed by atoms with E-state index in [9.17, 15) is 4.79 Å². The summed E-state index contributed by atoms with van der Waals surface area (Å²) in [6, 6.07) is 13.3. The molecule has 0 unspecified atom stereocenters. The summed E-state index contributed by atoms with van der Waals surface area (Å²) in [6.07, 6.45) is 0. The Morgan fingerprint density at radius 2 is 1.89 bits per heavy atom. The van der Waals surface area contributed by atoms with E-state index in [2.05, 4.69) is 27.0 Å². The van der Waals surface area contributed by atoms with E-state index in [1.54, 1.807) is 0 Å². The predicted octanol–water partition coefficient (Wildman–Crippen LogP) is 4.25. The van der Waals surface area contributed by atoms with E-state index in [-0.39, 0.29) is 11.9 Å². The van der Waals surface area contributed by atoms with E-state index in [0.717, 1.165) is 28.2 Å². The number of aryl methyl sites for hydroxylation is 3. The minimum atomic E-state index is -0.419. The summed E-state index contributed by atoms with van der Waals surface area (Å²) in [5, 5.41) is 12.3. The first-order valence-corrected chi connectivity index (χ1v) is 10.2. The van der Waals surface area contributed by atoms with Crippen molar-refractivity contribution in [3.63, 3.8) is 0 Å². The topological polar surface area (TPSA) is 71.8 Å². The first-order valence-electron chi connectivity index (χ1n) is 8.91. The molecule has 144 valence electrons. The number of nitrogens with one attached hydrogen (secondary N) is 2. The molecule has 2 aromatic carbocycles. The second kappa shape index (κ2) is 7.48. The number of halogens is 1. The van der Waals surface area contributed by atoms with Gasteiger partial charge in [0.05, 0.1) is 6.04 Å². The smallest absolute Gasteiger partial charge is 0.240 e. The molecule has 8 heteroatoms. The zero-order valence-electron chi connectivity index (χ0n) is 15.7. The number of fused-ring (bicyclic) bond motifs is 1. The Morgan fingerprint density at radius 3 is 2.61 bits per heavy atom. The Morgan fingerprint density at radius 1 is 1.14 bits per heavy atom. The van der Waals surface area contributed by atoms with E-state index < -0.39 is 5.25 Å². The molecule has 1 aromatic heterocycles. The van der Waals surface area contributed by atoms with Gasteiger partial charge in [-0.2, -0.15) is 0 Å². The van der Waals surface area contributed by atoms with Crippen molar-refractivity contribution in [1.29, 1.82) is 0 Å². The van der Waals surface area contributed by atoms with Crippen LogP contribution in [0.1, 0.15) is 28.6 Å². The lowest BCUT2D eigenvalue weighted by molar-refractivity contribution is -0.116. The molecule has 2 heterocycles. The molecule has 0 saturated heterocycles. The second-order valence-electron chi connectivity index (χ2n) is 6.87. The Labute approximate surface area is 172 Å². The van der Waals surface area contributed by atoms with Crippen LogP contribution in [0, 0.1) is 20.8 Å². The molecule has 0 bridgehead atoms. The van der Waals surface area contributed by atoms with E-state index in [1.165, 1.54) is 11.8 Å². The number of aromatic nitrogens is 3. The first kappa shape index (κ1) is 18.8. The largest absolute Gasteiger partial charge is 0.325 e. The molecule has 2 atom stereocenters. The van der Waals surface area contributed by atoms with Gasteiger partial charge in [0.15, 0.2) is 0 Å². The molecule has 28 heavy (non-hydrogen) atoms. The van der Waals surface area contributed by atoms with Gasteiger partial charge in [0.1, 0.15) is 11.1 Å². The summed E-state index contributed by atoms with van der Waals surface area (Å²) in [4.78, 5) is 13.2. The normalized spacial score (nSPS) is 18.3. The minimum absolute atomic E-state index is 0.0868. The summed E-state index contributed by atoms with van der Waals surface area (Å²) < 4.78 is 1.82. The molecule has 0 spiro atoms. The molecule has 1 amide bonds. The van der Waals surface area contributed by atoms with Crippen molar-refractivity contribution >= 4 is 35.0 Å². The number of amides is 1. The van der Waals surface area contributed by atoms with Crippen LogP contribution in [0.4, 0.5) is 5.69 Å². The molecule has 0 saturated carbocycles. The van der Waals surface area contributed by atoms with E-state index >= 15 is 0 Å². The summed E-state index contributed by atoms with van der Waals surface area (Å²) in [7, 11) is 0. The Kier molecular flexibility index (Phi) is 5.03. The van der Waals surface area contributed by atoms with Gasteiger partial charge >= 0.3 is 0 Å². The summed E-state index contributed by atoms with van der Waals surface area (Å²) in [6.45, 7) is 5.90. The van der Waals surface area contributed by atoms with Crippen LogP contribution >= 0.6 is 23.4 Å². The minimum Gasteiger partial charge on any atom is -0.325 e. The fourth-order valence-corrected chi connectivity index (χ4v) is 4.49. The maximum absolute atomic E-state index is 13.2. The van der Waals surface area contributed by atoms with Crippen LogP contribution in [0.15, 0.2) is 47.6 Å². The van der Waals surface area contributed by atoms with Crippen LogP contribution in [-0.2, 0) is 4.79 Å². The number of nitrogens with zero attached hydrogens (tertiary/aromatic N) is 3. The van der Waals surface area contributed by atoms with Crippen molar-refractivity contribution in [2.24, 2.45) is 0 Å². The SMILES string of the molecule is Cc1ccc(NC(=O)[C@H]2Sc3nnc(C)n3N[C@@H]2c2ccc(Cl)cc2)c(C)c1. The van der Waals surface area contributed by atoms with Crippen molar-refractivity contribution in [3.8, 4) is 0 Å². The highest BCUT2D eigenvalue weighted by atomic mass is 35.5. The van der Waals surface area contributed by atoms with Crippen LogP contribution in [0.3, 0.4) is 0 Å². The van der Waals surface area contributed by atoms with Crippen molar-refractivity contribution in [1.82, 2.24) is 14.9 Å². The van der Waals surface area contributed by atoms with E-state index in [0.29, 0.717) is 10.2 Å². The summed E-state index contributed by atoms with van der Waals surface area (Å²) in [5.74, 6) is 0.658.